The highest BCUT2D eigenvalue weighted by atomic mass is 19.4. The standard InChI is InChI=1S/C18H26F3NO3/c1-11(2)14(16(24)25-17(3,4)5)22(6)15(23)13-9-12(10-13)7-8-18(19,20)21/h11-14H,9-10H2,1-6H3/t12-,13-,14-/m0/s1. The van der Waals surface area contributed by atoms with E-state index in [0.717, 1.165) is 0 Å². The Bertz CT molecular complexity index is 561. The van der Waals surface area contributed by atoms with E-state index in [1.807, 2.05) is 13.8 Å². The van der Waals surface area contributed by atoms with Gasteiger partial charge in [0.15, 0.2) is 0 Å². The maximum Gasteiger partial charge on any atom is 0.457 e. The molecule has 1 saturated carbocycles. The number of alkyl halides is 3. The average molecular weight is 361 g/mol. The fourth-order valence-electron chi connectivity index (χ4n) is 2.79. The molecule has 0 aromatic heterocycles. The molecule has 1 amide bonds. The van der Waals surface area contributed by atoms with Crippen molar-refractivity contribution < 1.29 is 27.5 Å². The van der Waals surface area contributed by atoms with Gasteiger partial charge in [0.2, 0.25) is 5.91 Å². The quantitative estimate of drug-likeness (QED) is 0.570. The van der Waals surface area contributed by atoms with Gasteiger partial charge in [0, 0.05) is 24.8 Å². The topological polar surface area (TPSA) is 46.6 Å². The van der Waals surface area contributed by atoms with Gasteiger partial charge in [-0.3, -0.25) is 4.79 Å². The van der Waals surface area contributed by atoms with Gasteiger partial charge in [-0.05, 0) is 39.5 Å². The van der Waals surface area contributed by atoms with Crippen LogP contribution in [0.2, 0.25) is 0 Å². The third-order valence-electron chi connectivity index (χ3n) is 3.95. The number of ether oxygens (including phenoxy) is 1. The summed E-state index contributed by atoms with van der Waals surface area (Å²) in [7, 11) is 1.53. The highest BCUT2D eigenvalue weighted by Gasteiger charge is 2.40. The van der Waals surface area contributed by atoms with Gasteiger partial charge in [0.25, 0.3) is 0 Å². The van der Waals surface area contributed by atoms with E-state index in [0.29, 0.717) is 0 Å². The van der Waals surface area contributed by atoms with Crippen molar-refractivity contribution in [2.45, 2.75) is 65.3 Å². The lowest BCUT2D eigenvalue weighted by molar-refractivity contribution is -0.167. The third kappa shape index (κ3) is 6.60. The van der Waals surface area contributed by atoms with Crippen molar-refractivity contribution in [3.63, 3.8) is 0 Å². The summed E-state index contributed by atoms with van der Waals surface area (Å²) in [5.41, 5.74) is -0.664. The molecule has 0 saturated heterocycles. The van der Waals surface area contributed by atoms with Crippen molar-refractivity contribution in [3.8, 4) is 11.8 Å². The highest BCUT2D eigenvalue weighted by Crippen LogP contribution is 2.35. The molecule has 0 spiro atoms. The van der Waals surface area contributed by atoms with Gasteiger partial charge in [0.1, 0.15) is 11.6 Å². The zero-order chi connectivity index (χ0) is 19.6. The van der Waals surface area contributed by atoms with Crippen molar-refractivity contribution in [2.24, 2.45) is 17.8 Å². The molecule has 1 rings (SSSR count). The van der Waals surface area contributed by atoms with Crippen LogP contribution in [0.1, 0.15) is 47.5 Å². The van der Waals surface area contributed by atoms with Crippen molar-refractivity contribution in [1.29, 1.82) is 0 Å². The minimum absolute atomic E-state index is 0.148. The molecule has 0 aromatic carbocycles. The second-order valence-electron chi connectivity index (χ2n) is 7.80. The minimum Gasteiger partial charge on any atom is -0.458 e. The number of esters is 1. The van der Waals surface area contributed by atoms with Crippen LogP contribution in [0.15, 0.2) is 0 Å². The average Bonchev–Trinajstić information content (AvgIpc) is 2.32. The van der Waals surface area contributed by atoms with Crippen LogP contribution in [0.5, 0.6) is 0 Å². The number of likely N-dealkylation sites (N-methyl/N-ethyl adjacent to an activating group) is 1. The van der Waals surface area contributed by atoms with Gasteiger partial charge in [-0.1, -0.05) is 19.8 Å². The number of hydrogen-bond donors (Lipinski definition) is 0. The molecule has 1 atom stereocenters. The summed E-state index contributed by atoms with van der Waals surface area (Å²) < 4.78 is 41.6. The first kappa shape index (κ1) is 21.3. The molecule has 0 radical (unpaired) electrons. The smallest absolute Gasteiger partial charge is 0.457 e. The van der Waals surface area contributed by atoms with Crippen LogP contribution >= 0.6 is 0 Å². The zero-order valence-corrected chi connectivity index (χ0v) is 15.5. The molecular weight excluding hydrogens is 335 g/mol. The Labute approximate surface area is 147 Å². The molecule has 0 heterocycles. The number of hydrogen-bond acceptors (Lipinski definition) is 3. The van der Waals surface area contributed by atoms with Gasteiger partial charge < -0.3 is 9.64 Å². The predicted octanol–water partition coefficient (Wildman–Crippen LogP) is 3.40. The van der Waals surface area contributed by atoms with E-state index >= 15 is 0 Å². The molecular formula is C18H26F3NO3. The SMILES string of the molecule is CC(C)[C@@H](C(=O)OC(C)(C)C)N(C)C(=O)[C@H]1C[C@H](C#CC(F)(F)F)C1. The molecule has 1 aliphatic rings. The van der Waals surface area contributed by atoms with Crippen LogP contribution in [0.25, 0.3) is 0 Å². The largest absolute Gasteiger partial charge is 0.458 e. The molecule has 0 unspecified atom stereocenters. The van der Waals surface area contributed by atoms with Gasteiger partial charge in [-0.2, -0.15) is 13.2 Å². The van der Waals surface area contributed by atoms with E-state index in [2.05, 4.69) is 5.92 Å². The number of carbonyl (C=O) groups excluding carboxylic acids is 2. The summed E-state index contributed by atoms with van der Waals surface area (Å²) in [4.78, 5) is 26.3. The maximum absolute atomic E-state index is 12.5. The Morgan fingerprint density at radius 1 is 1.16 bits per heavy atom. The van der Waals surface area contributed by atoms with Crippen LogP contribution < -0.4 is 0 Å². The van der Waals surface area contributed by atoms with Crippen LogP contribution in [0, 0.1) is 29.6 Å². The predicted molar refractivity (Wildman–Crippen MR) is 87.3 cm³/mol. The van der Waals surface area contributed by atoms with E-state index < -0.39 is 35.6 Å². The van der Waals surface area contributed by atoms with Crippen LogP contribution in [0.3, 0.4) is 0 Å². The number of halogens is 3. The second-order valence-corrected chi connectivity index (χ2v) is 7.80. The van der Waals surface area contributed by atoms with Gasteiger partial charge in [-0.25, -0.2) is 4.79 Å². The Morgan fingerprint density at radius 2 is 1.68 bits per heavy atom. The Hall–Kier alpha value is -1.71. The number of nitrogens with zero attached hydrogens (tertiary/aromatic N) is 1. The van der Waals surface area contributed by atoms with E-state index in [1.165, 1.54) is 17.9 Å². The number of rotatable bonds is 4. The van der Waals surface area contributed by atoms with Gasteiger partial charge in [-0.15, -0.1) is 0 Å². The molecule has 1 aliphatic carbocycles. The summed E-state index contributed by atoms with van der Waals surface area (Å²) in [6.45, 7) is 8.88. The normalized spacial score (nSPS) is 21.7. The number of amides is 1. The molecule has 0 N–H and O–H groups in total. The first-order valence-corrected chi connectivity index (χ1v) is 8.30. The minimum atomic E-state index is -4.51. The van der Waals surface area contributed by atoms with E-state index in [-0.39, 0.29) is 24.7 Å². The molecule has 25 heavy (non-hydrogen) atoms. The summed E-state index contributed by atoms with van der Waals surface area (Å²) in [6, 6.07) is -0.730. The van der Waals surface area contributed by atoms with Crippen molar-refractivity contribution in [3.05, 3.63) is 0 Å². The lowest BCUT2D eigenvalue weighted by Gasteiger charge is -2.38. The highest BCUT2D eigenvalue weighted by molar-refractivity contribution is 5.86. The summed E-state index contributed by atoms with van der Waals surface area (Å²) >= 11 is 0. The molecule has 0 bridgehead atoms. The molecule has 0 aromatic rings. The van der Waals surface area contributed by atoms with E-state index in [4.69, 9.17) is 4.74 Å². The lowest BCUT2D eigenvalue weighted by atomic mass is 9.74. The Kier molecular flexibility index (Phi) is 6.55. The first-order chi connectivity index (χ1) is 11.2. The van der Waals surface area contributed by atoms with Gasteiger partial charge >= 0.3 is 12.1 Å². The molecule has 142 valence electrons. The first-order valence-electron chi connectivity index (χ1n) is 8.30. The Balaban J connectivity index is 2.70. The third-order valence-corrected chi connectivity index (χ3v) is 3.95. The molecule has 1 fully saturated rings. The maximum atomic E-state index is 12.5. The van der Waals surface area contributed by atoms with Crippen molar-refractivity contribution in [2.75, 3.05) is 7.05 Å². The summed E-state index contributed by atoms with van der Waals surface area (Å²) in [5.74, 6) is 1.69. The second kappa shape index (κ2) is 7.67. The van der Waals surface area contributed by atoms with E-state index in [1.54, 1.807) is 20.8 Å². The molecule has 4 nitrogen and oxygen atoms in total. The number of carbonyl (C=O) groups is 2. The Morgan fingerprint density at radius 3 is 2.08 bits per heavy atom. The lowest BCUT2D eigenvalue weighted by Crippen LogP contribution is -2.51. The van der Waals surface area contributed by atoms with E-state index in [9.17, 15) is 22.8 Å². The fourth-order valence-corrected chi connectivity index (χ4v) is 2.79. The van der Waals surface area contributed by atoms with Crippen LogP contribution in [0.4, 0.5) is 13.2 Å². The summed E-state index contributed by atoms with van der Waals surface area (Å²) in [5, 5.41) is 0. The zero-order valence-electron chi connectivity index (χ0n) is 15.5. The van der Waals surface area contributed by atoms with Crippen molar-refractivity contribution >= 4 is 11.9 Å². The molecule has 7 heteroatoms. The van der Waals surface area contributed by atoms with Crippen molar-refractivity contribution in [1.82, 2.24) is 4.90 Å². The van der Waals surface area contributed by atoms with Crippen LogP contribution in [-0.2, 0) is 14.3 Å². The monoisotopic (exact) mass is 361 g/mol. The van der Waals surface area contributed by atoms with Crippen LogP contribution in [-0.4, -0.2) is 41.6 Å². The summed E-state index contributed by atoms with van der Waals surface area (Å²) in [6.07, 6.45) is -3.94. The van der Waals surface area contributed by atoms with Gasteiger partial charge in [0.05, 0.1) is 0 Å². The molecule has 0 aliphatic heterocycles. The fraction of sp³-hybridized carbons (Fsp3) is 0.778.